The third-order valence-corrected chi connectivity index (χ3v) is 18.7. The van der Waals surface area contributed by atoms with E-state index in [-0.39, 0.29) is 44.6 Å². The first-order valence-corrected chi connectivity index (χ1v) is 27.3. The van der Waals surface area contributed by atoms with Crippen LogP contribution < -0.4 is 26.2 Å². The van der Waals surface area contributed by atoms with Crippen LogP contribution >= 0.6 is 0 Å². The summed E-state index contributed by atoms with van der Waals surface area (Å²) in [6.07, 6.45) is 4.61. The highest BCUT2D eigenvalue weighted by Gasteiger charge is 2.51. The second kappa shape index (κ2) is 15.1. The Labute approximate surface area is 433 Å². The number of anilines is 6. The number of hydrogen-bond acceptors (Lipinski definition) is 2. The fourth-order valence-electron chi connectivity index (χ4n) is 15.2. The molecule has 12 rings (SSSR count). The summed E-state index contributed by atoms with van der Waals surface area (Å²) in [5, 5.41) is 0. The average molecular weight is 945 g/mol. The molecular formula is C69H77BN2. The zero-order chi connectivity index (χ0) is 51.0. The molecule has 5 aliphatic rings. The number of hydrogen-bond donors (Lipinski definition) is 0. The summed E-state index contributed by atoms with van der Waals surface area (Å²) in [7, 11) is 0. The smallest absolute Gasteiger partial charge is 0.252 e. The van der Waals surface area contributed by atoms with Crippen LogP contribution in [-0.4, -0.2) is 6.71 Å². The van der Waals surface area contributed by atoms with Gasteiger partial charge in [-0.1, -0.05) is 189 Å². The molecule has 0 unspecified atom stereocenters. The van der Waals surface area contributed by atoms with Gasteiger partial charge >= 0.3 is 0 Å². The van der Waals surface area contributed by atoms with Gasteiger partial charge in [0.15, 0.2) is 0 Å². The maximum Gasteiger partial charge on any atom is 0.252 e. The summed E-state index contributed by atoms with van der Waals surface area (Å²) >= 11 is 0. The van der Waals surface area contributed by atoms with Crippen molar-refractivity contribution in [2.75, 3.05) is 9.80 Å². The summed E-state index contributed by atoms with van der Waals surface area (Å²) in [5.74, 6) is 0. The first-order chi connectivity index (χ1) is 33.7. The Morgan fingerprint density at radius 2 is 0.806 bits per heavy atom. The van der Waals surface area contributed by atoms with Gasteiger partial charge in [-0.05, 0) is 191 Å². The monoisotopic (exact) mass is 945 g/mol. The Morgan fingerprint density at radius 1 is 0.389 bits per heavy atom. The van der Waals surface area contributed by atoms with Gasteiger partial charge in [-0.2, -0.15) is 0 Å². The van der Waals surface area contributed by atoms with Crippen LogP contribution in [0.1, 0.15) is 174 Å². The molecule has 3 heteroatoms. The van der Waals surface area contributed by atoms with Gasteiger partial charge in [0.25, 0.3) is 6.71 Å². The van der Waals surface area contributed by atoms with E-state index < -0.39 is 0 Å². The van der Waals surface area contributed by atoms with Crippen LogP contribution in [0.15, 0.2) is 127 Å². The third-order valence-electron chi connectivity index (χ3n) is 18.7. The molecule has 0 amide bonds. The van der Waals surface area contributed by atoms with E-state index in [4.69, 9.17) is 0 Å². The van der Waals surface area contributed by atoms with E-state index in [1.807, 2.05) is 0 Å². The molecule has 2 heterocycles. The van der Waals surface area contributed by atoms with Crippen LogP contribution in [-0.2, 0) is 37.9 Å². The maximum atomic E-state index is 2.77. The first kappa shape index (κ1) is 47.2. The summed E-state index contributed by atoms with van der Waals surface area (Å²) < 4.78 is 0. The fraction of sp³-hybridized carbons (Fsp3) is 0.391. The largest absolute Gasteiger partial charge is 0.311 e. The Bertz CT molecular complexity index is 3410. The molecule has 0 bridgehead atoms. The lowest BCUT2D eigenvalue weighted by molar-refractivity contribution is 0.332. The lowest BCUT2D eigenvalue weighted by Gasteiger charge is -2.47. The van der Waals surface area contributed by atoms with Gasteiger partial charge in [-0.15, -0.1) is 0 Å². The predicted molar refractivity (Wildman–Crippen MR) is 311 cm³/mol. The van der Waals surface area contributed by atoms with Crippen molar-refractivity contribution in [2.24, 2.45) is 0 Å². The van der Waals surface area contributed by atoms with E-state index in [2.05, 4.69) is 248 Å². The quantitative estimate of drug-likeness (QED) is 0.162. The molecule has 0 saturated heterocycles. The minimum absolute atomic E-state index is 0.0155. The molecule has 7 aromatic rings. The Hall–Kier alpha value is -5.80. The van der Waals surface area contributed by atoms with Gasteiger partial charge in [-0.3, -0.25) is 0 Å². The normalized spacial score (nSPS) is 19.8. The fourth-order valence-corrected chi connectivity index (χ4v) is 15.2. The molecule has 0 radical (unpaired) electrons. The number of benzene rings is 7. The van der Waals surface area contributed by atoms with Crippen molar-refractivity contribution in [3.05, 3.63) is 172 Å². The van der Waals surface area contributed by atoms with Crippen molar-refractivity contribution >= 4 is 57.2 Å². The van der Waals surface area contributed by atoms with E-state index in [0.717, 1.165) is 12.8 Å². The van der Waals surface area contributed by atoms with Gasteiger partial charge in [0, 0.05) is 34.0 Å². The minimum atomic E-state index is -0.136. The number of fused-ring (bicyclic) bond motifs is 7. The van der Waals surface area contributed by atoms with Gasteiger partial charge in [-0.25, -0.2) is 0 Å². The van der Waals surface area contributed by atoms with E-state index in [9.17, 15) is 0 Å². The molecule has 366 valence electrons. The van der Waals surface area contributed by atoms with Crippen LogP contribution in [0.5, 0.6) is 0 Å². The molecule has 0 aromatic heterocycles. The van der Waals surface area contributed by atoms with Crippen molar-refractivity contribution in [3.63, 3.8) is 0 Å². The highest BCUT2D eigenvalue weighted by molar-refractivity contribution is 7.00. The molecule has 72 heavy (non-hydrogen) atoms. The van der Waals surface area contributed by atoms with E-state index in [0.29, 0.717) is 0 Å². The van der Waals surface area contributed by atoms with Crippen LogP contribution in [0.2, 0.25) is 0 Å². The molecule has 0 saturated carbocycles. The Kier molecular flexibility index (Phi) is 9.94. The molecule has 0 atom stereocenters. The van der Waals surface area contributed by atoms with E-state index >= 15 is 0 Å². The summed E-state index contributed by atoms with van der Waals surface area (Å²) in [6, 6.07) is 50.6. The Balaban J connectivity index is 1.25. The third kappa shape index (κ3) is 6.94. The van der Waals surface area contributed by atoms with Crippen molar-refractivity contribution in [1.29, 1.82) is 0 Å². The van der Waals surface area contributed by atoms with E-state index in [1.165, 1.54) is 130 Å². The van der Waals surface area contributed by atoms with Crippen LogP contribution in [0.3, 0.4) is 0 Å². The van der Waals surface area contributed by atoms with Crippen molar-refractivity contribution in [2.45, 2.75) is 174 Å². The summed E-state index contributed by atoms with van der Waals surface area (Å²) in [4.78, 5) is 5.50. The molecule has 0 spiro atoms. The van der Waals surface area contributed by atoms with Crippen molar-refractivity contribution < 1.29 is 0 Å². The second-order valence-electron chi connectivity index (χ2n) is 28.0. The molecule has 3 aliphatic carbocycles. The lowest BCUT2D eigenvalue weighted by atomic mass is 9.33. The molecule has 0 fully saturated rings. The Morgan fingerprint density at radius 3 is 1.29 bits per heavy atom. The molecule has 7 aromatic carbocycles. The summed E-state index contributed by atoms with van der Waals surface area (Å²) in [5.41, 5.74) is 28.9. The molecule has 2 aliphatic heterocycles. The zero-order valence-corrected chi connectivity index (χ0v) is 46.4. The highest BCUT2D eigenvalue weighted by atomic mass is 15.2. The minimum Gasteiger partial charge on any atom is -0.311 e. The van der Waals surface area contributed by atoms with Crippen LogP contribution in [0.25, 0.3) is 22.3 Å². The standard InChI is InChI=1S/C69H77BN2/c1-42-31-48-51(65(7,8)30-29-64(48,5)6)37-57(42)72-59-39-53-50(67(11,12)41-69(53,15)16)36-55(59)70-54-35-49-52(68(13,14)40-66(49,9)10)38-58(54)71(60-33-46(63(2,3)4)34-61(72)62(60)70)56-28-27-45(43-23-19-17-20-24-43)32-47(56)44-25-21-18-22-26-44/h17-28,31-39H,29-30,40-41H2,1-16H3. The van der Waals surface area contributed by atoms with Crippen LogP contribution in [0.4, 0.5) is 34.1 Å². The number of nitrogens with zero attached hydrogens (tertiary/aromatic N) is 2. The molecule has 0 N–H and O–H groups in total. The average Bonchev–Trinajstić information content (AvgIpc) is 3.62. The van der Waals surface area contributed by atoms with Gasteiger partial charge in [0.1, 0.15) is 0 Å². The lowest BCUT2D eigenvalue weighted by Crippen LogP contribution is -2.62. The van der Waals surface area contributed by atoms with Crippen molar-refractivity contribution in [1.82, 2.24) is 0 Å². The molecule has 2 nitrogen and oxygen atoms in total. The second-order valence-corrected chi connectivity index (χ2v) is 28.0. The number of rotatable bonds is 4. The topological polar surface area (TPSA) is 6.48 Å². The predicted octanol–water partition coefficient (Wildman–Crippen LogP) is 17.0. The SMILES string of the molecule is Cc1cc2c(cc1N1c3cc4c(cc3B3c5cc6c(cc5N(c5ccc(-c7ccccc7)cc5-c5ccccc5)c5cc(C(C)(C)C)cc1c53)C(C)(C)CC6(C)C)C(C)(C)CC4(C)C)C(C)(C)CCC2(C)C. The highest BCUT2D eigenvalue weighted by Crippen LogP contribution is 2.57. The van der Waals surface area contributed by atoms with Gasteiger partial charge in [0.2, 0.25) is 0 Å². The van der Waals surface area contributed by atoms with E-state index in [1.54, 1.807) is 0 Å². The van der Waals surface area contributed by atoms with Gasteiger partial charge in [0.05, 0.1) is 5.69 Å². The molecular weight excluding hydrogens is 868 g/mol. The van der Waals surface area contributed by atoms with Crippen LogP contribution in [0, 0.1) is 6.92 Å². The van der Waals surface area contributed by atoms with Crippen molar-refractivity contribution in [3.8, 4) is 22.3 Å². The number of aryl methyl sites for hydroxylation is 1. The first-order valence-electron chi connectivity index (χ1n) is 27.3. The zero-order valence-electron chi connectivity index (χ0n) is 46.4. The van der Waals surface area contributed by atoms with Gasteiger partial charge < -0.3 is 9.80 Å². The maximum absolute atomic E-state index is 2.77. The summed E-state index contributed by atoms with van der Waals surface area (Å²) in [6.45, 7) is 39.5.